The predicted molar refractivity (Wildman–Crippen MR) is 173 cm³/mol. The van der Waals surface area contributed by atoms with Crippen molar-refractivity contribution in [2.45, 2.75) is 90.8 Å². The topological polar surface area (TPSA) is 128 Å². The molecule has 238 valence electrons. The third kappa shape index (κ3) is 9.98. The van der Waals surface area contributed by atoms with E-state index >= 15 is 0 Å². The van der Waals surface area contributed by atoms with Crippen LogP contribution in [-0.4, -0.2) is 57.8 Å². The second kappa shape index (κ2) is 16.1. The fourth-order valence-corrected chi connectivity index (χ4v) is 5.06. The monoisotopic (exact) mass is 605 g/mol. The molecule has 0 heterocycles. The molecule has 44 heavy (non-hydrogen) atoms. The number of aliphatic hydroxyl groups is 1. The Morgan fingerprint density at radius 2 is 1.59 bits per heavy atom. The zero-order chi connectivity index (χ0) is 32.3. The van der Waals surface area contributed by atoms with Crippen molar-refractivity contribution in [3.63, 3.8) is 0 Å². The second-order valence-corrected chi connectivity index (χ2v) is 12.2. The molecule has 4 N–H and O–H groups in total. The number of aromatic hydroxyl groups is 1. The Bertz CT molecular complexity index is 1420. The summed E-state index contributed by atoms with van der Waals surface area (Å²) in [6.45, 7) is 8.50. The fourth-order valence-electron chi connectivity index (χ4n) is 5.06. The van der Waals surface area contributed by atoms with E-state index in [-0.39, 0.29) is 12.3 Å². The average Bonchev–Trinajstić information content (AvgIpc) is 2.97. The van der Waals surface area contributed by atoms with Crippen molar-refractivity contribution in [2.75, 3.05) is 18.5 Å². The van der Waals surface area contributed by atoms with Crippen molar-refractivity contribution in [2.24, 2.45) is 0 Å². The van der Waals surface area contributed by atoms with Crippen molar-refractivity contribution in [3.05, 3.63) is 71.8 Å². The number of phenols is 1. The maximum Gasteiger partial charge on any atom is 0.408 e. The number of rotatable bonds is 14. The summed E-state index contributed by atoms with van der Waals surface area (Å²) >= 11 is 0. The number of unbranched alkanes of at least 4 members (excludes halogenated alkanes) is 5. The minimum Gasteiger partial charge on any atom is -0.508 e. The summed E-state index contributed by atoms with van der Waals surface area (Å²) in [7, 11) is 0. The number of phenolic OH excluding ortho intramolecular Hbond substituents is 1. The molecular formula is C35H47N3O6. The molecule has 0 fully saturated rings. The van der Waals surface area contributed by atoms with E-state index in [1.807, 2.05) is 36.4 Å². The molecule has 0 aromatic heterocycles. The highest BCUT2D eigenvalue weighted by molar-refractivity contribution is 6.00. The van der Waals surface area contributed by atoms with Crippen LogP contribution in [0.4, 0.5) is 10.5 Å². The first kappa shape index (κ1) is 34.4. The molecule has 3 amide bonds. The number of hydrogen-bond donors (Lipinski definition) is 4. The lowest BCUT2D eigenvalue weighted by molar-refractivity contribution is -0.141. The van der Waals surface area contributed by atoms with Crippen LogP contribution >= 0.6 is 0 Å². The van der Waals surface area contributed by atoms with Crippen LogP contribution in [-0.2, 0) is 14.3 Å². The van der Waals surface area contributed by atoms with E-state index < -0.39 is 42.2 Å². The van der Waals surface area contributed by atoms with Crippen LogP contribution in [0, 0.1) is 6.92 Å². The number of benzene rings is 3. The van der Waals surface area contributed by atoms with Crippen molar-refractivity contribution in [1.82, 2.24) is 10.2 Å². The Morgan fingerprint density at radius 1 is 0.909 bits per heavy atom. The van der Waals surface area contributed by atoms with Gasteiger partial charge < -0.3 is 30.5 Å². The SMILES string of the molecule is CCCCCCCCN(C(=O)C(CO)NC(=O)OC(C)(C)C)C(C(=O)Nc1ccc2ccccc2c1)c1ccc(O)c(C)c1. The van der Waals surface area contributed by atoms with E-state index in [2.05, 4.69) is 17.6 Å². The molecule has 0 aliphatic heterocycles. The molecule has 3 aromatic rings. The molecule has 0 radical (unpaired) electrons. The van der Waals surface area contributed by atoms with E-state index in [1.165, 1.54) is 11.0 Å². The Morgan fingerprint density at radius 3 is 2.25 bits per heavy atom. The van der Waals surface area contributed by atoms with Crippen LogP contribution in [0.2, 0.25) is 0 Å². The van der Waals surface area contributed by atoms with Gasteiger partial charge in [0.2, 0.25) is 5.91 Å². The smallest absolute Gasteiger partial charge is 0.408 e. The van der Waals surface area contributed by atoms with Crippen LogP contribution in [0.5, 0.6) is 5.75 Å². The van der Waals surface area contributed by atoms with Gasteiger partial charge in [-0.25, -0.2) is 4.79 Å². The zero-order valence-corrected chi connectivity index (χ0v) is 26.6. The van der Waals surface area contributed by atoms with Crippen LogP contribution in [0.15, 0.2) is 60.7 Å². The minimum absolute atomic E-state index is 0.0658. The number of aryl methyl sites for hydroxylation is 1. The number of ether oxygens (including phenoxy) is 1. The Labute approximate surface area is 260 Å². The lowest BCUT2D eigenvalue weighted by Gasteiger charge is -2.34. The minimum atomic E-state index is -1.33. The van der Waals surface area contributed by atoms with Gasteiger partial charge in [0.25, 0.3) is 5.91 Å². The first-order valence-electron chi connectivity index (χ1n) is 15.4. The van der Waals surface area contributed by atoms with Gasteiger partial charge in [0.05, 0.1) is 6.61 Å². The van der Waals surface area contributed by atoms with Crippen LogP contribution in [0.25, 0.3) is 10.8 Å². The number of anilines is 1. The summed E-state index contributed by atoms with van der Waals surface area (Å²) in [6.07, 6.45) is 4.92. The van der Waals surface area contributed by atoms with Gasteiger partial charge in [-0.1, -0.05) is 75.4 Å². The average molecular weight is 606 g/mol. The first-order valence-corrected chi connectivity index (χ1v) is 15.4. The molecule has 2 atom stereocenters. The molecule has 0 bridgehead atoms. The highest BCUT2D eigenvalue weighted by atomic mass is 16.6. The van der Waals surface area contributed by atoms with Gasteiger partial charge in [-0.15, -0.1) is 0 Å². The lowest BCUT2D eigenvalue weighted by Crippen LogP contribution is -2.54. The Balaban J connectivity index is 1.99. The third-order valence-electron chi connectivity index (χ3n) is 7.32. The highest BCUT2D eigenvalue weighted by Gasteiger charge is 2.36. The fraction of sp³-hybridized carbons (Fsp3) is 0.457. The van der Waals surface area contributed by atoms with Gasteiger partial charge >= 0.3 is 6.09 Å². The molecule has 9 heteroatoms. The summed E-state index contributed by atoms with van der Waals surface area (Å²) in [6, 6.07) is 15.7. The van der Waals surface area contributed by atoms with Crippen molar-refractivity contribution < 1.29 is 29.3 Å². The van der Waals surface area contributed by atoms with Gasteiger partial charge in [-0.2, -0.15) is 0 Å². The van der Waals surface area contributed by atoms with E-state index in [0.29, 0.717) is 23.2 Å². The maximum atomic E-state index is 14.1. The first-order chi connectivity index (χ1) is 20.9. The predicted octanol–water partition coefficient (Wildman–Crippen LogP) is 6.61. The largest absolute Gasteiger partial charge is 0.508 e. The van der Waals surface area contributed by atoms with Crippen molar-refractivity contribution >= 4 is 34.4 Å². The molecule has 0 spiro atoms. The Kier molecular flexibility index (Phi) is 12.6. The Hall–Kier alpha value is -4.11. The van der Waals surface area contributed by atoms with Crippen molar-refractivity contribution in [1.29, 1.82) is 0 Å². The standard InChI is InChI=1S/C35H47N3O6/c1-6-7-8-9-10-13-20-38(33(42)29(23-39)37-34(43)44-35(3,4)5)31(27-17-19-30(40)24(2)21-27)32(41)36-28-18-16-25-14-11-12-15-26(25)22-28/h11-12,14-19,21-22,29,31,39-40H,6-10,13,20,23H2,1-5H3,(H,36,41)(H,37,43). The second-order valence-electron chi connectivity index (χ2n) is 12.2. The molecular weight excluding hydrogens is 558 g/mol. The van der Waals surface area contributed by atoms with E-state index in [1.54, 1.807) is 45.9 Å². The summed E-state index contributed by atoms with van der Waals surface area (Å²) < 4.78 is 5.33. The normalized spacial score (nSPS) is 12.8. The number of aliphatic hydroxyl groups excluding tert-OH is 1. The third-order valence-corrected chi connectivity index (χ3v) is 7.32. The van der Waals surface area contributed by atoms with Crippen LogP contribution in [0.1, 0.15) is 83.4 Å². The molecule has 9 nitrogen and oxygen atoms in total. The van der Waals surface area contributed by atoms with Gasteiger partial charge in [0.1, 0.15) is 23.4 Å². The number of carbonyl (C=O) groups is 3. The highest BCUT2D eigenvalue weighted by Crippen LogP contribution is 2.29. The summed E-state index contributed by atoms with van der Waals surface area (Å²) in [5, 5.41) is 27.9. The maximum absolute atomic E-state index is 14.1. The van der Waals surface area contributed by atoms with Gasteiger partial charge in [0.15, 0.2) is 0 Å². The number of fused-ring (bicyclic) bond motifs is 1. The zero-order valence-electron chi connectivity index (χ0n) is 26.6. The lowest BCUT2D eigenvalue weighted by atomic mass is 9.99. The molecule has 0 aliphatic carbocycles. The molecule has 0 aliphatic rings. The number of carbonyl (C=O) groups excluding carboxylic acids is 3. The van der Waals surface area contributed by atoms with Crippen molar-refractivity contribution in [3.8, 4) is 5.75 Å². The number of nitrogens with one attached hydrogen (secondary N) is 2. The summed E-state index contributed by atoms with van der Waals surface area (Å²) in [5.74, 6) is -1.01. The quantitative estimate of drug-likeness (QED) is 0.153. The van der Waals surface area contributed by atoms with E-state index in [0.717, 1.165) is 42.9 Å². The van der Waals surface area contributed by atoms with E-state index in [9.17, 15) is 24.6 Å². The van der Waals surface area contributed by atoms with Crippen LogP contribution in [0.3, 0.4) is 0 Å². The number of hydrogen-bond acceptors (Lipinski definition) is 6. The van der Waals surface area contributed by atoms with Gasteiger partial charge in [-0.05, 0) is 80.3 Å². The summed E-state index contributed by atoms with van der Waals surface area (Å²) in [4.78, 5) is 42.3. The summed E-state index contributed by atoms with van der Waals surface area (Å²) in [5.41, 5.74) is 0.791. The molecule has 3 rings (SSSR count). The molecule has 2 unspecified atom stereocenters. The molecule has 0 saturated heterocycles. The van der Waals surface area contributed by atoms with Gasteiger partial charge in [0, 0.05) is 12.2 Å². The van der Waals surface area contributed by atoms with Gasteiger partial charge in [-0.3, -0.25) is 9.59 Å². The van der Waals surface area contributed by atoms with E-state index in [4.69, 9.17) is 4.74 Å². The number of nitrogens with zero attached hydrogens (tertiary/aromatic N) is 1. The number of amides is 3. The molecule has 3 aromatic carbocycles. The van der Waals surface area contributed by atoms with Crippen LogP contribution < -0.4 is 10.6 Å². The molecule has 0 saturated carbocycles. The number of alkyl carbamates (subject to hydrolysis) is 1.